The summed E-state index contributed by atoms with van der Waals surface area (Å²) in [4.78, 5) is 0. The largest absolute Gasteiger partial charge is 0.508 e. The first-order chi connectivity index (χ1) is 13.7. The number of phenols is 1. The number of benzene rings is 1. The first kappa shape index (κ1) is 25.1. The van der Waals surface area contributed by atoms with Gasteiger partial charge in [-0.1, -0.05) is 116 Å². The summed E-state index contributed by atoms with van der Waals surface area (Å²) >= 11 is 0. The Bertz CT molecular complexity index is 479. The van der Waals surface area contributed by atoms with Gasteiger partial charge in [-0.15, -0.1) is 0 Å². The smallest absolute Gasteiger partial charge is 0.119 e. The lowest BCUT2D eigenvalue weighted by molar-refractivity contribution is 0.460. The maximum absolute atomic E-state index is 10.5. The van der Waals surface area contributed by atoms with E-state index in [9.17, 15) is 5.11 Å². The Labute approximate surface area is 176 Å². The normalized spacial score (nSPS) is 12.4. The fraction of sp³-hybridized carbons (Fsp3) is 0.778. The lowest BCUT2D eigenvalue weighted by Crippen LogP contribution is -2.03. The van der Waals surface area contributed by atoms with Gasteiger partial charge in [0.05, 0.1) is 0 Å². The molecule has 28 heavy (non-hydrogen) atoms. The highest BCUT2D eigenvalue weighted by molar-refractivity contribution is 5.41. The van der Waals surface area contributed by atoms with Crippen LogP contribution in [0.4, 0.5) is 0 Å². The molecule has 1 heteroatoms. The molecule has 0 aliphatic heterocycles. The predicted octanol–water partition coefficient (Wildman–Crippen LogP) is 9.32. The Morgan fingerprint density at radius 3 is 1.79 bits per heavy atom. The highest BCUT2D eigenvalue weighted by atomic mass is 16.3. The molecule has 0 aliphatic carbocycles. The molecule has 0 saturated carbocycles. The van der Waals surface area contributed by atoms with E-state index in [0.717, 1.165) is 6.42 Å². The van der Waals surface area contributed by atoms with Crippen LogP contribution in [0.5, 0.6) is 5.75 Å². The molecule has 1 aromatic rings. The summed E-state index contributed by atoms with van der Waals surface area (Å²) in [7, 11) is 0. The molecule has 0 fully saturated rings. The summed E-state index contributed by atoms with van der Waals surface area (Å²) in [5.41, 5.74) is 2.67. The van der Waals surface area contributed by atoms with Crippen LogP contribution in [0, 0.1) is 0 Å². The summed E-state index contributed by atoms with van der Waals surface area (Å²) in [5, 5.41) is 10.5. The van der Waals surface area contributed by atoms with Gasteiger partial charge >= 0.3 is 0 Å². The molecule has 0 bridgehead atoms. The third-order valence-corrected chi connectivity index (χ3v) is 6.31. The van der Waals surface area contributed by atoms with Crippen molar-refractivity contribution in [1.82, 2.24) is 0 Å². The zero-order valence-corrected chi connectivity index (χ0v) is 19.3. The molecule has 1 rings (SSSR count). The van der Waals surface area contributed by atoms with Gasteiger partial charge in [-0.3, -0.25) is 0 Å². The fourth-order valence-electron chi connectivity index (χ4n) is 4.43. The first-order valence-electron chi connectivity index (χ1n) is 12.5. The van der Waals surface area contributed by atoms with Crippen LogP contribution in [0.2, 0.25) is 0 Å². The number of unbranched alkanes of at least 4 members (excludes halogenated alkanes) is 12. The van der Waals surface area contributed by atoms with Gasteiger partial charge in [0, 0.05) is 0 Å². The van der Waals surface area contributed by atoms with E-state index in [1.807, 2.05) is 12.1 Å². The molecule has 0 aromatic heterocycles. The molecule has 1 unspecified atom stereocenters. The average Bonchev–Trinajstić information content (AvgIpc) is 2.70. The van der Waals surface area contributed by atoms with E-state index in [0.29, 0.717) is 11.7 Å². The lowest BCUT2D eigenvalue weighted by Gasteiger charge is -2.20. The van der Waals surface area contributed by atoms with Crippen LogP contribution < -0.4 is 0 Å². The SMILES string of the molecule is CCCCCCCCCCCCc1c(O)cccc1C(CC)CCCCCC. The molecule has 0 radical (unpaired) electrons. The topological polar surface area (TPSA) is 20.2 Å². The molecule has 0 amide bonds. The molecule has 0 spiro atoms. The Kier molecular flexibility index (Phi) is 15.1. The monoisotopic (exact) mass is 388 g/mol. The standard InChI is InChI=1S/C27H48O/c1-4-7-9-11-12-13-14-15-16-18-21-26-25(22-19-23-27(26)28)24(6-3)20-17-10-8-5-2/h19,22-24,28H,4-18,20-21H2,1-3H3. The molecule has 162 valence electrons. The van der Waals surface area contributed by atoms with Crippen LogP contribution in [0.15, 0.2) is 18.2 Å². The molecule has 1 atom stereocenters. The minimum Gasteiger partial charge on any atom is -0.508 e. The van der Waals surface area contributed by atoms with E-state index >= 15 is 0 Å². The van der Waals surface area contributed by atoms with Gasteiger partial charge in [-0.25, -0.2) is 0 Å². The van der Waals surface area contributed by atoms with Crippen molar-refractivity contribution in [3.63, 3.8) is 0 Å². The summed E-state index contributed by atoms with van der Waals surface area (Å²) in [6.07, 6.45) is 22.5. The Balaban J connectivity index is 2.37. The minimum atomic E-state index is 0.528. The quantitative estimate of drug-likeness (QED) is 0.248. The molecular formula is C27H48O. The van der Waals surface area contributed by atoms with Crippen molar-refractivity contribution in [2.24, 2.45) is 0 Å². The average molecular weight is 389 g/mol. The predicted molar refractivity (Wildman–Crippen MR) is 125 cm³/mol. The molecular weight excluding hydrogens is 340 g/mol. The molecule has 0 heterocycles. The van der Waals surface area contributed by atoms with Crippen LogP contribution in [0.25, 0.3) is 0 Å². The number of phenolic OH excluding ortho intramolecular Hbond substituents is 1. The second-order valence-electron chi connectivity index (χ2n) is 8.73. The Hall–Kier alpha value is -0.980. The molecule has 1 N–H and O–H groups in total. The van der Waals surface area contributed by atoms with Gasteiger partial charge < -0.3 is 5.11 Å². The van der Waals surface area contributed by atoms with Crippen molar-refractivity contribution in [1.29, 1.82) is 0 Å². The number of aromatic hydroxyl groups is 1. The van der Waals surface area contributed by atoms with Crippen molar-refractivity contribution in [3.8, 4) is 5.75 Å². The Morgan fingerprint density at radius 1 is 0.679 bits per heavy atom. The fourth-order valence-corrected chi connectivity index (χ4v) is 4.43. The van der Waals surface area contributed by atoms with E-state index < -0.39 is 0 Å². The second kappa shape index (κ2) is 16.9. The van der Waals surface area contributed by atoms with Crippen LogP contribution >= 0.6 is 0 Å². The van der Waals surface area contributed by atoms with Gasteiger partial charge in [0.15, 0.2) is 0 Å². The van der Waals surface area contributed by atoms with Gasteiger partial charge in [0.25, 0.3) is 0 Å². The van der Waals surface area contributed by atoms with Gasteiger partial charge in [-0.2, -0.15) is 0 Å². The van der Waals surface area contributed by atoms with Crippen molar-refractivity contribution in [3.05, 3.63) is 29.3 Å². The van der Waals surface area contributed by atoms with Crippen LogP contribution in [-0.4, -0.2) is 5.11 Å². The minimum absolute atomic E-state index is 0.528. The third-order valence-electron chi connectivity index (χ3n) is 6.31. The highest BCUT2D eigenvalue weighted by Gasteiger charge is 2.16. The lowest BCUT2D eigenvalue weighted by atomic mass is 9.85. The maximum atomic E-state index is 10.5. The molecule has 1 nitrogen and oxygen atoms in total. The van der Waals surface area contributed by atoms with Crippen molar-refractivity contribution < 1.29 is 5.11 Å². The van der Waals surface area contributed by atoms with Gasteiger partial charge in [0.2, 0.25) is 0 Å². The number of hydrogen-bond donors (Lipinski definition) is 1. The van der Waals surface area contributed by atoms with Gasteiger partial charge in [0.1, 0.15) is 5.75 Å². The highest BCUT2D eigenvalue weighted by Crippen LogP contribution is 2.34. The molecule has 0 aliphatic rings. The number of rotatable bonds is 18. The van der Waals surface area contributed by atoms with E-state index in [1.165, 1.54) is 114 Å². The third kappa shape index (κ3) is 10.5. The van der Waals surface area contributed by atoms with Crippen molar-refractivity contribution in [2.45, 2.75) is 136 Å². The first-order valence-corrected chi connectivity index (χ1v) is 12.5. The van der Waals surface area contributed by atoms with Gasteiger partial charge in [-0.05, 0) is 48.8 Å². The van der Waals surface area contributed by atoms with E-state index in [-0.39, 0.29) is 0 Å². The van der Waals surface area contributed by atoms with Crippen molar-refractivity contribution in [2.75, 3.05) is 0 Å². The molecule has 1 aromatic carbocycles. The van der Waals surface area contributed by atoms with Crippen LogP contribution in [-0.2, 0) is 6.42 Å². The summed E-state index contributed by atoms with van der Waals surface area (Å²) in [5.74, 6) is 1.14. The maximum Gasteiger partial charge on any atom is 0.119 e. The Morgan fingerprint density at radius 2 is 1.21 bits per heavy atom. The van der Waals surface area contributed by atoms with E-state index in [1.54, 1.807) is 0 Å². The second-order valence-corrected chi connectivity index (χ2v) is 8.73. The summed E-state index contributed by atoms with van der Waals surface area (Å²) in [6, 6.07) is 6.21. The van der Waals surface area contributed by atoms with E-state index in [2.05, 4.69) is 26.8 Å². The summed E-state index contributed by atoms with van der Waals surface area (Å²) in [6.45, 7) is 6.86. The van der Waals surface area contributed by atoms with Crippen LogP contribution in [0.3, 0.4) is 0 Å². The van der Waals surface area contributed by atoms with Crippen LogP contribution in [0.1, 0.15) is 141 Å². The van der Waals surface area contributed by atoms with E-state index in [4.69, 9.17) is 0 Å². The number of hydrogen-bond acceptors (Lipinski definition) is 1. The van der Waals surface area contributed by atoms with Crippen molar-refractivity contribution >= 4 is 0 Å². The zero-order chi connectivity index (χ0) is 20.5. The molecule has 0 saturated heterocycles. The zero-order valence-electron chi connectivity index (χ0n) is 19.3. The summed E-state index contributed by atoms with van der Waals surface area (Å²) < 4.78 is 0.